The van der Waals surface area contributed by atoms with Gasteiger partial charge in [0.2, 0.25) is 0 Å². The quantitative estimate of drug-likeness (QED) is 0.676. The van der Waals surface area contributed by atoms with Gasteiger partial charge in [0, 0.05) is 29.9 Å². The molecular formula is C20H26N2O. The van der Waals surface area contributed by atoms with Gasteiger partial charge in [-0.2, -0.15) is 0 Å². The molecule has 1 aliphatic heterocycles. The lowest BCUT2D eigenvalue weighted by Crippen LogP contribution is -2.40. The van der Waals surface area contributed by atoms with Gasteiger partial charge in [0.1, 0.15) is 0 Å². The van der Waals surface area contributed by atoms with Crippen LogP contribution in [0.3, 0.4) is 0 Å². The van der Waals surface area contributed by atoms with Crippen molar-refractivity contribution in [2.75, 3.05) is 19.6 Å². The van der Waals surface area contributed by atoms with Crippen LogP contribution in [-0.4, -0.2) is 35.3 Å². The van der Waals surface area contributed by atoms with Gasteiger partial charge in [0.25, 0.3) is 0 Å². The second kappa shape index (κ2) is 6.71. The zero-order chi connectivity index (χ0) is 16.4. The number of hydrogen-bond donors (Lipinski definition) is 1. The lowest BCUT2D eigenvalue weighted by atomic mass is 9.86. The summed E-state index contributed by atoms with van der Waals surface area (Å²) in [6, 6.07) is 10.1. The number of rotatable bonds is 4. The summed E-state index contributed by atoms with van der Waals surface area (Å²) in [7, 11) is 0. The molecule has 0 bridgehead atoms. The number of nitrogens with one attached hydrogen (secondary N) is 1. The molecule has 2 aromatic rings. The van der Waals surface area contributed by atoms with E-state index in [0.29, 0.717) is 5.92 Å². The molecule has 23 heavy (non-hydrogen) atoms. The molecule has 1 aliphatic rings. The number of carbonyl (C=O) groups excluding carboxylic acids is 1. The number of para-hydroxylation sites is 1. The van der Waals surface area contributed by atoms with Crippen molar-refractivity contribution in [2.45, 2.75) is 27.2 Å². The molecular weight excluding hydrogens is 284 g/mol. The Labute approximate surface area is 138 Å². The Morgan fingerprint density at radius 1 is 1.39 bits per heavy atom. The fourth-order valence-corrected chi connectivity index (χ4v) is 3.60. The summed E-state index contributed by atoms with van der Waals surface area (Å²) < 4.78 is 0. The van der Waals surface area contributed by atoms with Gasteiger partial charge in [-0.3, -0.25) is 9.69 Å². The molecule has 0 spiro atoms. The number of carbonyl (C=O) groups is 1. The molecule has 0 saturated carbocycles. The van der Waals surface area contributed by atoms with Crippen molar-refractivity contribution >= 4 is 16.7 Å². The first-order valence-electron chi connectivity index (χ1n) is 8.58. The highest BCUT2D eigenvalue weighted by Crippen LogP contribution is 2.28. The van der Waals surface area contributed by atoms with Crippen LogP contribution in [0.15, 0.2) is 42.0 Å². The number of benzene rings is 1. The Morgan fingerprint density at radius 2 is 2.17 bits per heavy atom. The normalized spacial score (nSPS) is 21.4. The zero-order valence-electron chi connectivity index (χ0n) is 14.3. The summed E-state index contributed by atoms with van der Waals surface area (Å²) in [5, 5.41) is 1.11. The number of hydrogen-bond acceptors (Lipinski definition) is 2. The Kier molecular flexibility index (Phi) is 4.67. The highest BCUT2D eigenvalue weighted by molar-refractivity contribution is 6.02. The molecule has 0 aliphatic carbocycles. The van der Waals surface area contributed by atoms with E-state index < -0.39 is 0 Å². The number of nitrogens with zero attached hydrogens (tertiary/aromatic N) is 1. The van der Waals surface area contributed by atoms with E-state index >= 15 is 0 Å². The molecule has 1 N–H and O–H groups in total. The van der Waals surface area contributed by atoms with Crippen molar-refractivity contribution in [2.24, 2.45) is 11.8 Å². The fraction of sp³-hybridized carbons (Fsp3) is 0.450. The molecule has 0 amide bonds. The first-order valence-corrected chi connectivity index (χ1v) is 8.58. The number of piperidine rings is 1. The number of aromatic nitrogens is 1. The van der Waals surface area contributed by atoms with Crippen LogP contribution >= 0.6 is 0 Å². The maximum Gasteiger partial charge on any atom is 0.186 e. The largest absolute Gasteiger partial charge is 0.352 e. The van der Waals surface area contributed by atoms with Gasteiger partial charge >= 0.3 is 0 Å². The van der Waals surface area contributed by atoms with Crippen LogP contribution in [0.25, 0.3) is 10.9 Å². The average Bonchev–Trinajstić information content (AvgIpc) is 2.97. The monoisotopic (exact) mass is 310 g/mol. The van der Waals surface area contributed by atoms with Crippen molar-refractivity contribution in [3.05, 3.63) is 47.7 Å². The third-order valence-electron chi connectivity index (χ3n) is 4.69. The molecule has 3 nitrogen and oxygen atoms in total. The van der Waals surface area contributed by atoms with E-state index in [0.717, 1.165) is 42.7 Å². The van der Waals surface area contributed by atoms with Crippen molar-refractivity contribution in [1.82, 2.24) is 9.88 Å². The molecule has 1 aromatic carbocycles. The van der Waals surface area contributed by atoms with E-state index in [2.05, 4.69) is 36.7 Å². The summed E-state index contributed by atoms with van der Waals surface area (Å²) in [5.41, 5.74) is 3.04. The lowest BCUT2D eigenvalue weighted by Gasteiger charge is -2.34. The van der Waals surface area contributed by atoms with Crippen LogP contribution in [0.2, 0.25) is 0 Å². The van der Waals surface area contributed by atoms with Gasteiger partial charge in [-0.15, -0.1) is 0 Å². The van der Waals surface area contributed by atoms with Crippen molar-refractivity contribution < 1.29 is 4.79 Å². The van der Waals surface area contributed by atoms with Crippen LogP contribution in [0.5, 0.6) is 0 Å². The summed E-state index contributed by atoms with van der Waals surface area (Å²) in [5.74, 6) is 0.920. The molecule has 122 valence electrons. The highest BCUT2D eigenvalue weighted by atomic mass is 16.1. The minimum atomic E-state index is 0.0245. The average molecular weight is 310 g/mol. The number of ketones is 1. The van der Waals surface area contributed by atoms with E-state index in [9.17, 15) is 4.79 Å². The summed E-state index contributed by atoms with van der Waals surface area (Å²) >= 11 is 0. The Hall–Kier alpha value is -1.87. The number of aromatic amines is 1. The Bertz CT molecular complexity index is 693. The summed E-state index contributed by atoms with van der Waals surface area (Å²) in [4.78, 5) is 18.7. The molecule has 0 unspecified atom stereocenters. The van der Waals surface area contributed by atoms with Gasteiger partial charge in [-0.25, -0.2) is 0 Å². The number of Topliss-reactive ketones (excluding diaryl/α,β-unsaturated/α-hetero) is 1. The second-order valence-electron chi connectivity index (χ2n) is 6.97. The van der Waals surface area contributed by atoms with Crippen LogP contribution in [-0.2, 0) is 0 Å². The van der Waals surface area contributed by atoms with E-state index in [1.54, 1.807) is 0 Å². The predicted molar refractivity (Wildman–Crippen MR) is 95.8 cm³/mol. The first kappa shape index (κ1) is 16.0. The molecule has 1 atom stereocenters. The minimum Gasteiger partial charge on any atom is -0.352 e. The first-order chi connectivity index (χ1) is 11.1. The van der Waals surface area contributed by atoms with Crippen molar-refractivity contribution in [3.63, 3.8) is 0 Å². The lowest BCUT2D eigenvalue weighted by molar-refractivity contribution is 0.0891. The van der Waals surface area contributed by atoms with E-state index in [1.807, 2.05) is 30.3 Å². The summed E-state index contributed by atoms with van der Waals surface area (Å²) in [6.07, 6.45) is 3.05. The second-order valence-corrected chi connectivity index (χ2v) is 6.97. The zero-order valence-corrected chi connectivity index (χ0v) is 14.3. The van der Waals surface area contributed by atoms with Gasteiger partial charge in [0.15, 0.2) is 5.78 Å². The SMILES string of the molecule is C/C=C1/CN(CC(C)C)CC[C@H]1C(=O)c1cc2ccccc2[nH]1. The number of H-pyrrole nitrogens is 1. The van der Waals surface area contributed by atoms with E-state index in [-0.39, 0.29) is 11.7 Å². The molecule has 1 fully saturated rings. The maximum atomic E-state index is 13.0. The third-order valence-corrected chi connectivity index (χ3v) is 4.69. The highest BCUT2D eigenvalue weighted by Gasteiger charge is 2.30. The van der Waals surface area contributed by atoms with Crippen molar-refractivity contribution in [1.29, 1.82) is 0 Å². The van der Waals surface area contributed by atoms with Crippen LogP contribution in [0.4, 0.5) is 0 Å². The minimum absolute atomic E-state index is 0.0245. The molecule has 3 heteroatoms. The Morgan fingerprint density at radius 3 is 2.87 bits per heavy atom. The van der Waals surface area contributed by atoms with Gasteiger partial charge < -0.3 is 4.98 Å². The van der Waals surface area contributed by atoms with Crippen molar-refractivity contribution in [3.8, 4) is 0 Å². The number of allylic oxidation sites excluding steroid dienone is 1. The third kappa shape index (κ3) is 3.40. The van der Waals surface area contributed by atoms with E-state index in [4.69, 9.17) is 0 Å². The smallest absolute Gasteiger partial charge is 0.186 e. The molecule has 1 saturated heterocycles. The summed E-state index contributed by atoms with van der Waals surface area (Å²) in [6.45, 7) is 9.58. The van der Waals surface area contributed by atoms with Gasteiger partial charge in [-0.1, -0.05) is 38.1 Å². The number of fused-ring (bicyclic) bond motifs is 1. The predicted octanol–water partition coefficient (Wildman–Crippen LogP) is 4.27. The van der Waals surface area contributed by atoms with Crippen LogP contribution in [0.1, 0.15) is 37.7 Å². The topological polar surface area (TPSA) is 36.1 Å². The van der Waals surface area contributed by atoms with E-state index in [1.165, 1.54) is 5.57 Å². The van der Waals surface area contributed by atoms with Crippen LogP contribution in [0, 0.1) is 11.8 Å². The number of likely N-dealkylation sites (tertiary alicyclic amines) is 1. The maximum absolute atomic E-state index is 13.0. The van der Waals surface area contributed by atoms with Crippen LogP contribution < -0.4 is 0 Å². The molecule has 3 rings (SSSR count). The van der Waals surface area contributed by atoms with Gasteiger partial charge in [0.05, 0.1) is 5.69 Å². The standard InChI is InChI=1S/C20H26N2O/c1-4-15-13-22(12-14(2)3)10-9-17(15)20(23)19-11-16-7-5-6-8-18(16)21-19/h4-8,11,14,17,21H,9-10,12-13H2,1-3H3/b15-4-/t17-/m1/s1. The van der Waals surface area contributed by atoms with Gasteiger partial charge in [-0.05, 0) is 43.5 Å². The molecule has 2 heterocycles. The molecule has 0 radical (unpaired) electrons. The Balaban J connectivity index is 1.79. The molecule has 1 aromatic heterocycles. The fourth-order valence-electron chi connectivity index (χ4n) is 3.60.